The summed E-state index contributed by atoms with van der Waals surface area (Å²) in [6, 6.07) is 15.3. The molecule has 40 heavy (non-hydrogen) atoms. The summed E-state index contributed by atoms with van der Waals surface area (Å²) >= 11 is 11.0. The van der Waals surface area contributed by atoms with Gasteiger partial charge in [-0.15, -0.1) is 0 Å². The van der Waals surface area contributed by atoms with Gasteiger partial charge < -0.3 is 20.1 Å². The Hall–Kier alpha value is -4.23. The van der Waals surface area contributed by atoms with Crippen molar-refractivity contribution in [3.8, 4) is 0 Å². The molecule has 0 spiro atoms. The van der Waals surface area contributed by atoms with E-state index in [9.17, 15) is 9.59 Å². The maximum atomic E-state index is 12.1. The fourth-order valence-corrected chi connectivity index (χ4v) is 3.45. The van der Waals surface area contributed by atoms with Crippen molar-refractivity contribution in [2.45, 2.75) is 52.7 Å². The van der Waals surface area contributed by atoms with Gasteiger partial charge in [0.1, 0.15) is 44.5 Å². The molecule has 0 saturated heterocycles. The molecule has 0 aliphatic rings. The first-order chi connectivity index (χ1) is 18.7. The highest BCUT2D eigenvalue weighted by Gasteiger charge is 2.18. The van der Waals surface area contributed by atoms with Crippen LogP contribution >= 0.6 is 24.4 Å². The topological polar surface area (TPSA) is 139 Å². The molecule has 3 aromatic heterocycles. The van der Waals surface area contributed by atoms with Crippen LogP contribution in [0.4, 0.5) is 32.9 Å². The first-order valence-corrected chi connectivity index (χ1v) is 13.0. The van der Waals surface area contributed by atoms with E-state index < -0.39 is 23.4 Å². The van der Waals surface area contributed by atoms with Crippen LogP contribution in [0.15, 0.2) is 54.6 Å². The van der Waals surface area contributed by atoms with Crippen LogP contribution in [0, 0.1) is 0 Å². The van der Waals surface area contributed by atoms with Gasteiger partial charge in [-0.3, -0.25) is 10.6 Å². The monoisotopic (exact) mass is 581 g/mol. The van der Waals surface area contributed by atoms with Crippen molar-refractivity contribution in [1.29, 1.82) is 0 Å². The first kappa shape index (κ1) is 30.3. The number of hydrogen-bond acceptors (Lipinski definition) is 9. The van der Waals surface area contributed by atoms with E-state index in [1.165, 1.54) is 0 Å². The molecule has 0 bridgehead atoms. The highest BCUT2D eigenvalue weighted by atomic mass is 32.1. The van der Waals surface area contributed by atoms with Crippen LogP contribution in [0.25, 0.3) is 0 Å². The summed E-state index contributed by atoms with van der Waals surface area (Å²) in [7, 11) is 0. The lowest BCUT2D eigenvalue weighted by molar-refractivity contribution is 0.0624. The largest absolute Gasteiger partial charge is 0.444 e. The summed E-state index contributed by atoms with van der Waals surface area (Å²) in [5.41, 5.74) is -0.359. The molecule has 0 saturated carbocycles. The molecule has 0 aliphatic heterocycles. The number of ether oxygens (including phenoxy) is 2. The number of pyridine rings is 3. The van der Waals surface area contributed by atoms with Crippen LogP contribution < -0.4 is 21.3 Å². The van der Waals surface area contributed by atoms with E-state index in [1.54, 1.807) is 96.1 Å². The number of carbonyl (C=O) groups excluding carboxylic acids is 2. The van der Waals surface area contributed by atoms with Crippen molar-refractivity contribution in [2.75, 3.05) is 21.3 Å². The number of amides is 2. The van der Waals surface area contributed by atoms with Crippen molar-refractivity contribution in [3.05, 3.63) is 66.0 Å². The number of hydrogen-bond donors (Lipinski definition) is 4. The van der Waals surface area contributed by atoms with Crippen LogP contribution in [0.2, 0.25) is 0 Å². The van der Waals surface area contributed by atoms with Gasteiger partial charge in [0.05, 0.1) is 11.4 Å². The van der Waals surface area contributed by atoms with Crippen molar-refractivity contribution >= 4 is 69.9 Å². The van der Waals surface area contributed by atoms with Crippen molar-refractivity contribution in [2.24, 2.45) is 0 Å². The Morgan fingerprint density at radius 1 is 0.575 bits per heavy atom. The maximum absolute atomic E-state index is 12.1. The molecule has 2 amide bonds. The lowest BCUT2D eigenvalue weighted by Gasteiger charge is -2.19. The molecule has 4 N–H and O–H groups in total. The lowest BCUT2D eigenvalue weighted by atomic mass is 10.2. The summed E-state index contributed by atoms with van der Waals surface area (Å²) in [4.78, 5) is 37.9. The van der Waals surface area contributed by atoms with Crippen molar-refractivity contribution < 1.29 is 19.1 Å². The van der Waals surface area contributed by atoms with Gasteiger partial charge in [-0.25, -0.2) is 24.5 Å². The predicted molar refractivity (Wildman–Crippen MR) is 163 cm³/mol. The lowest BCUT2D eigenvalue weighted by Crippen LogP contribution is -2.27. The second kappa shape index (κ2) is 12.7. The zero-order valence-corrected chi connectivity index (χ0v) is 24.6. The van der Waals surface area contributed by atoms with E-state index in [4.69, 9.17) is 33.9 Å². The number of anilines is 4. The van der Waals surface area contributed by atoms with E-state index in [0.29, 0.717) is 44.6 Å². The Bertz CT molecular complexity index is 1320. The van der Waals surface area contributed by atoms with Crippen molar-refractivity contribution in [1.82, 2.24) is 15.0 Å². The highest BCUT2D eigenvalue weighted by molar-refractivity contribution is 7.81. The molecule has 3 heterocycles. The summed E-state index contributed by atoms with van der Waals surface area (Å²) < 4.78 is 10.5. The van der Waals surface area contributed by atoms with E-state index >= 15 is 0 Å². The zero-order valence-electron chi connectivity index (χ0n) is 23.0. The highest BCUT2D eigenvalue weighted by Crippen LogP contribution is 2.16. The molecule has 3 rings (SSSR count). The molecule has 11 nitrogen and oxygen atoms in total. The molecule has 210 valence electrons. The quantitative estimate of drug-likeness (QED) is 0.250. The van der Waals surface area contributed by atoms with Crippen LogP contribution in [0.5, 0.6) is 0 Å². The smallest absolute Gasteiger partial charge is 0.413 e. The van der Waals surface area contributed by atoms with Crippen LogP contribution in [-0.4, -0.2) is 48.3 Å². The summed E-state index contributed by atoms with van der Waals surface area (Å²) in [5, 5.41) is 11.2. The molecule has 0 aliphatic carbocycles. The number of carbonyl (C=O) groups is 2. The fraction of sp³-hybridized carbons (Fsp3) is 0.296. The minimum absolute atomic E-state index is 0.296. The van der Waals surface area contributed by atoms with E-state index in [-0.39, 0.29) is 0 Å². The Morgan fingerprint density at radius 3 is 1.25 bits per heavy atom. The SMILES string of the molecule is CC(C)(C)OC(=O)Nc1cccc(NC(=S)c2cccc(C(=S)Nc3cccc(NC(=O)OC(C)(C)C)n3)n2)n1. The van der Waals surface area contributed by atoms with Gasteiger partial charge in [0.25, 0.3) is 0 Å². The van der Waals surface area contributed by atoms with Gasteiger partial charge >= 0.3 is 12.2 Å². The van der Waals surface area contributed by atoms with Gasteiger partial charge in [-0.2, -0.15) is 0 Å². The Balaban J connectivity index is 1.64. The molecular weight excluding hydrogens is 550 g/mol. The molecule has 0 aromatic carbocycles. The van der Waals surface area contributed by atoms with Gasteiger partial charge in [-0.05, 0) is 77.9 Å². The minimum Gasteiger partial charge on any atom is -0.444 e. The van der Waals surface area contributed by atoms with Crippen molar-refractivity contribution in [3.63, 3.8) is 0 Å². The second-order valence-corrected chi connectivity index (χ2v) is 11.2. The summed E-state index contributed by atoms with van der Waals surface area (Å²) in [6.45, 7) is 10.6. The molecule has 0 atom stereocenters. The van der Waals surface area contributed by atoms with Gasteiger partial charge in [0.2, 0.25) is 0 Å². The van der Waals surface area contributed by atoms with Crippen LogP contribution in [0.1, 0.15) is 52.9 Å². The maximum Gasteiger partial charge on any atom is 0.413 e. The Labute approximate surface area is 243 Å². The van der Waals surface area contributed by atoms with Gasteiger partial charge in [0.15, 0.2) is 0 Å². The second-order valence-electron chi connectivity index (χ2n) is 10.4. The van der Waals surface area contributed by atoms with Crippen LogP contribution in [0.3, 0.4) is 0 Å². The molecular formula is C27H31N7O4S2. The zero-order chi connectivity index (χ0) is 29.5. The Morgan fingerprint density at radius 2 is 0.900 bits per heavy atom. The standard InChI is InChI=1S/C27H31N7O4S2/c1-26(2,3)37-24(35)33-20-14-8-12-18(29-20)31-22(39)16-10-7-11-17(28-16)23(40)32-19-13-9-15-21(30-19)34-25(36)38-27(4,5)6/h7-15H,1-6H3,(H2,29,31,33,35,39)(H2,30,32,34,36,40). The predicted octanol–water partition coefficient (Wildman–Crippen LogP) is 6.14. The van der Waals surface area contributed by atoms with Gasteiger partial charge in [-0.1, -0.05) is 42.6 Å². The Kier molecular flexibility index (Phi) is 9.66. The minimum atomic E-state index is -0.635. The molecule has 0 fully saturated rings. The molecule has 0 radical (unpaired) electrons. The third kappa shape index (κ3) is 10.2. The molecule has 0 unspecified atom stereocenters. The average Bonchev–Trinajstić information content (AvgIpc) is 2.82. The molecule has 13 heteroatoms. The van der Waals surface area contributed by atoms with E-state index in [0.717, 1.165) is 0 Å². The number of rotatable bonds is 6. The summed E-state index contributed by atoms with van der Waals surface area (Å²) in [5.74, 6) is 1.41. The third-order valence-electron chi connectivity index (χ3n) is 4.45. The molecule has 3 aromatic rings. The summed E-state index contributed by atoms with van der Waals surface area (Å²) in [6.07, 6.45) is -1.23. The van der Waals surface area contributed by atoms with Gasteiger partial charge in [0, 0.05) is 0 Å². The third-order valence-corrected chi connectivity index (χ3v) is 5.08. The normalized spacial score (nSPS) is 11.2. The number of thiocarbonyl (C=S) groups is 2. The number of aromatic nitrogens is 3. The number of nitrogens with one attached hydrogen (secondary N) is 4. The van der Waals surface area contributed by atoms with Crippen LogP contribution in [-0.2, 0) is 9.47 Å². The number of nitrogens with zero attached hydrogens (tertiary/aromatic N) is 3. The first-order valence-electron chi connectivity index (χ1n) is 12.2. The van der Waals surface area contributed by atoms with E-state index in [2.05, 4.69) is 36.2 Å². The average molecular weight is 582 g/mol. The van der Waals surface area contributed by atoms with E-state index in [1.807, 2.05) is 0 Å². The fourth-order valence-electron chi connectivity index (χ4n) is 3.01.